The van der Waals surface area contributed by atoms with Crippen LogP contribution >= 0.6 is 0 Å². The topological polar surface area (TPSA) is 78.0 Å². The molecular formula is C16H19N3O2. The molecule has 0 spiro atoms. The summed E-state index contributed by atoms with van der Waals surface area (Å²) in [7, 11) is 0. The zero-order valence-corrected chi connectivity index (χ0v) is 12.1. The molecule has 1 heterocycles. The van der Waals surface area contributed by atoms with Crippen molar-refractivity contribution in [2.24, 2.45) is 0 Å². The molecular weight excluding hydrogens is 266 g/mol. The third-order valence-corrected chi connectivity index (χ3v) is 3.94. The van der Waals surface area contributed by atoms with Gasteiger partial charge in [-0.1, -0.05) is 38.1 Å². The molecule has 1 aliphatic rings. The Labute approximate surface area is 123 Å². The normalized spacial score (nSPS) is 20.6. The van der Waals surface area contributed by atoms with E-state index in [1.807, 2.05) is 38.1 Å². The van der Waals surface area contributed by atoms with Gasteiger partial charge in [-0.15, -0.1) is 0 Å². The van der Waals surface area contributed by atoms with Crippen LogP contribution in [0.5, 0.6) is 0 Å². The maximum absolute atomic E-state index is 12.3. The van der Waals surface area contributed by atoms with Gasteiger partial charge in [-0.3, -0.25) is 9.89 Å². The molecule has 0 saturated heterocycles. The summed E-state index contributed by atoms with van der Waals surface area (Å²) in [6.45, 7) is 4.07. The molecule has 3 rings (SSSR count). The average molecular weight is 285 g/mol. The molecule has 0 bridgehead atoms. The van der Waals surface area contributed by atoms with Crippen molar-refractivity contribution in [2.75, 3.05) is 0 Å². The fourth-order valence-electron chi connectivity index (χ4n) is 2.71. The number of amides is 1. The highest BCUT2D eigenvalue weighted by atomic mass is 16.3. The van der Waals surface area contributed by atoms with E-state index in [4.69, 9.17) is 0 Å². The van der Waals surface area contributed by atoms with Crippen molar-refractivity contribution >= 4 is 5.91 Å². The molecule has 0 fully saturated rings. The number of carbonyl (C=O) groups is 1. The summed E-state index contributed by atoms with van der Waals surface area (Å²) >= 11 is 0. The number of aliphatic hydroxyl groups is 1. The molecule has 0 radical (unpaired) electrons. The van der Waals surface area contributed by atoms with Gasteiger partial charge in [0.15, 0.2) is 0 Å². The second-order valence-corrected chi connectivity index (χ2v) is 5.78. The van der Waals surface area contributed by atoms with Gasteiger partial charge in [-0.2, -0.15) is 5.10 Å². The van der Waals surface area contributed by atoms with Crippen LogP contribution in [0.15, 0.2) is 30.3 Å². The van der Waals surface area contributed by atoms with Crippen LogP contribution in [0.1, 0.15) is 53.1 Å². The smallest absolute Gasteiger partial charge is 0.272 e. The first kappa shape index (κ1) is 13.8. The van der Waals surface area contributed by atoms with Crippen LogP contribution in [-0.4, -0.2) is 27.3 Å². The van der Waals surface area contributed by atoms with Crippen molar-refractivity contribution in [1.82, 2.24) is 15.5 Å². The fourth-order valence-corrected chi connectivity index (χ4v) is 2.71. The number of fused-ring (bicyclic) bond motifs is 1. The maximum atomic E-state index is 12.3. The number of nitrogens with one attached hydrogen (secondary N) is 2. The first-order chi connectivity index (χ1) is 10.1. The standard InChI is InChI=1S/C16H19N3O2/c1-9(2)12-8-13(19-18-12)16(21)17-15-11-6-4-3-5-10(11)7-14(15)20/h3-6,8-9,14-15,20H,7H2,1-2H3,(H,17,21)(H,18,19)/t14-,15+/m0/s1. The SMILES string of the molecule is CC(C)c1cc(C(=O)N[C@@H]2c3ccccc3C[C@@H]2O)n[nH]1. The third kappa shape index (κ3) is 2.56. The molecule has 1 aliphatic carbocycles. The second kappa shape index (κ2) is 5.33. The van der Waals surface area contributed by atoms with Crippen molar-refractivity contribution in [3.05, 3.63) is 52.8 Å². The van der Waals surface area contributed by atoms with Crippen molar-refractivity contribution in [2.45, 2.75) is 38.3 Å². The Morgan fingerprint density at radius 1 is 1.43 bits per heavy atom. The quantitative estimate of drug-likeness (QED) is 0.806. The van der Waals surface area contributed by atoms with E-state index in [-0.39, 0.29) is 17.9 Å². The predicted octanol–water partition coefficient (Wildman–Crippen LogP) is 1.92. The van der Waals surface area contributed by atoms with E-state index in [1.165, 1.54) is 0 Å². The number of aliphatic hydroxyl groups excluding tert-OH is 1. The number of benzene rings is 1. The number of aromatic amines is 1. The van der Waals surface area contributed by atoms with Crippen LogP contribution in [-0.2, 0) is 6.42 Å². The Balaban J connectivity index is 1.78. The summed E-state index contributed by atoms with van der Waals surface area (Å²) in [6.07, 6.45) is -0.0197. The molecule has 5 nitrogen and oxygen atoms in total. The molecule has 1 aromatic carbocycles. The van der Waals surface area contributed by atoms with Gasteiger partial charge in [0.2, 0.25) is 0 Å². The van der Waals surface area contributed by atoms with Crippen LogP contribution < -0.4 is 5.32 Å². The van der Waals surface area contributed by atoms with E-state index < -0.39 is 6.10 Å². The number of hydrogen-bond acceptors (Lipinski definition) is 3. The molecule has 21 heavy (non-hydrogen) atoms. The minimum absolute atomic E-state index is 0.265. The van der Waals surface area contributed by atoms with Crippen LogP contribution in [0.4, 0.5) is 0 Å². The molecule has 0 unspecified atom stereocenters. The molecule has 1 aromatic heterocycles. The van der Waals surface area contributed by atoms with Gasteiger partial charge in [0.1, 0.15) is 5.69 Å². The lowest BCUT2D eigenvalue weighted by Gasteiger charge is -2.17. The Kier molecular flexibility index (Phi) is 3.51. The monoisotopic (exact) mass is 285 g/mol. The molecule has 2 aromatic rings. The second-order valence-electron chi connectivity index (χ2n) is 5.78. The molecule has 0 saturated carbocycles. The summed E-state index contributed by atoms with van der Waals surface area (Å²) < 4.78 is 0. The average Bonchev–Trinajstić information content (AvgIpc) is 3.05. The summed E-state index contributed by atoms with van der Waals surface area (Å²) in [6, 6.07) is 9.18. The van der Waals surface area contributed by atoms with Gasteiger partial charge >= 0.3 is 0 Å². The molecule has 1 amide bonds. The lowest BCUT2D eigenvalue weighted by molar-refractivity contribution is 0.0853. The number of nitrogens with zero attached hydrogens (tertiary/aromatic N) is 1. The van der Waals surface area contributed by atoms with E-state index in [2.05, 4.69) is 15.5 Å². The number of rotatable bonds is 3. The maximum Gasteiger partial charge on any atom is 0.272 e. The highest BCUT2D eigenvalue weighted by Crippen LogP contribution is 2.31. The lowest BCUT2D eigenvalue weighted by Crippen LogP contribution is -2.34. The van der Waals surface area contributed by atoms with Crippen LogP contribution in [0, 0.1) is 0 Å². The highest BCUT2D eigenvalue weighted by Gasteiger charge is 2.32. The number of aromatic nitrogens is 2. The van der Waals surface area contributed by atoms with E-state index in [0.717, 1.165) is 16.8 Å². The van der Waals surface area contributed by atoms with Gasteiger partial charge in [0, 0.05) is 12.1 Å². The Bertz CT molecular complexity index is 663. The minimum Gasteiger partial charge on any atom is -0.390 e. The number of hydrogen-bond donors (Lipinski definition) is 3. The van der Waals surface area contributed by atoms with Crippen LogP contribution in [0.25, 0.3) is 0 Å². The highest BCUT2D eigenvalue weighted by molar-refractivity contribution is 5.92. The summed E-state index contributed by atoms with van der Waals surface area (Å²) in [5.41, 5.74) is 3.35. The molecule has 0 aliphatic heterocycles. The third-order valence-electron chi connectivity index (χ3n) is 3.94. The molecule has 5 heteroatoms. The van der Waals surface area contributed by atoms with Gasteiger partial charge in [0.25, 0.3) is 5.91 Å². The van der Waals surface area contributed by atoms with E-state index in [1.54, 1.807) is 6.07 Å². The van der Waals surface area contributed by atoms with Crippen molar-refractivity contribution in [3.63, 3.8) is 0 Å². The van der Waals surface area contributed by atoms with Crippen molar-refractivity contribution in [1.29, 1.82) is 0 Å². The molecule has 3 N–H and O–H groups in total. The Morgan fingerprint density at radius 3 is 2.90 bits per heavy atom. The lowest BCUT2D eigenvalue weighted by atomic mass is 10.1. The first-order valence-corrected chi connectivity index (χ1v) is 7.18. The van der Waals surface area contributed by atoms with E-state index >= 15 is 0 Å². The number of carbonyl (C=O) groups excluding carboxylic acids is 1. The minimum atomic E-state index is -0.588. The van der Waals surface area contributed by atoms with Crippen LogP contribution in [0.2, 0.25) is 0 Å². The van der Waals surface area contributed by atoms with Gasteiger partial charge < -0.3 is 10.4 Å². The zero-order chi connectivity index (χ0) is 15.0. The first-order valence-electron chi connectivity index (χ1n) is 7.18. The van der Waals surface area contributed by atoms with Crippen LogP contribution in [0.3, 0.4) is 0 Å². The van der Waals surface area contributed by atoms with Crippen molar-refractivity contribution < 1.29 is 9.90 Å². The van der Waals surface area contributed by atoms with E-state index in [0.29, 0.717) is 12.1 Å². The van der Waals surface area contributed by atoms with Crippen molar-refractivity contribution in [3.8, 4) is 0 Å². The Morgan fingerprint density at radius 2 is 2.19 bits per heavy atom. The van der Waals surface area contributed by atoms with Gasteiger partial charge in [-0.05, 0) is 23.1 Å². The van der Waals surface area contributed by atoms with E-state index in [9.17, 15) is 9.90 Å². The summed E-state index contributed by atoms with van der Waals surface area (Å²) in [4.78, 5) is 12.3. The largest absolute Gasteiger partial charge is 0.390 e. The Hall–Kier alpha value is -2.14. The molecule has 110 valence electrons. The predicted molar refractivity (Wildman–Crippen MR) is 79.0 cm³/mol. The zero-order valence-electron chi connectivity index (χ0n) is 12.1. The molecule has 2 atom stereocenters. The van der Waals surface area contributed by atoms with Gasteiger partial charge in [-0.25, -0.2) is 0 Å². The fraction of sp³-hybridized carbons (Fsp3) is 0.375. The van der Waals surface area contributed by atoms with Gasteiger partial charge in [0.05, 0.1) is 12.1 Å². The summed E-state index contributed by atoms with van der Waals surface area (Å²) in [5, 5.41) is 19.9. The summed E-state index contributed by atoms with van der Waals surface area (Å²) in [5.74, 6) is 0.0238. The number of H-pyrrole nitrogens is 1.